The van der Waals surface area contributed by atoms with Gasteiger partial charge in [0.2, 0.25) is 0 Å². The number of hydrogen-bond acceptors (Lipinski definition) is 7. The molecular weight excluding hydrogens is 520 g/mol. The van der Waals surface area contributed by atoms with Gasteiger partial charge in [-0.25, -0.2) is 9.79 Å². The molecule has 1 aromatic heterocycles. The first kappa shape index (κ1) is 24.0. The van der Waals surface area contributed by atoms with E-state index in [0.29, 0.717) is 32.1 Å². The standard InChI is InChI=1S/C25H23BrN2O5S/c1-5-33-24(30)21-14(2)27-25-28(22(21)15-6-9-18(31-3)10-7-15)23(29)20(34-25)13-16-12-17(26)8-11-19(16)32-4/h6-13,22H,5H2,1-4H3/b20-13-/t22-/m0/s1. The summed E-state index contributed by atoms with van der Waals surface area (Å²) < 4.78 is 19.0. The first-order chi connectivity index (χ1) is 16.4. The number of carbonyl (C=O) groups is 1. The van der Waals surface area contributed by atoms with Crippen molar-refractivity contribution in [1.29, 1.82) is 0 Å². The summed E-state index contributed by atoms with van der Waals surface area (Å²) in [7, 11) is 3.17. The summed E-state index contributed by atoms with van der Waals surface area (Å²) in [5.41, 5.74) is 2.12. The minimum absolute atomic E-state index is 0.220. The van der Waals surface area contributed by atoms with Gasteiger partial charge in [-0.15, -0.1) is 0 Å². The summed E-state index contributed by atoms with van der Waals surface area (Å²) in [5, 5.41) is 0. The van der Waals surface area contributed by atoms with E-state index in [1.807, 2.05) is 30.3 Å². The summed E-state index contributed by atoms with van der Waals surface area (Å²) in [6.45, 7) is 3.73. The van der Waals surface area contributed by atoms with E-state index in [0.717, 1.165) is 15.6 Å². The average Bonchev–Trinajstić information content (AvgIpc) is 3.13. The molecule has 3 aromatic rings. The third-order valence-electron chi connectivity index (χ3n) is 5.43. The molecule has 0 fully saturated rings. The van der Waals surface area contributed by atoms with Gasteiger partial charge in [-0.05, 0) is 55.8 Å². The molecule has 2 heterocycles. The lowest BCUT2D eigenvalue weighted by atomic mass is 9.96. The van der Waals surface area contributed by atoms with Crippen LogP contribution < -0.4 is 24.4 Å². The number of allylic oxidation sites excluding steroid dienone is 1. The Balaban J connectivity index is 1.96. The second-order valence-corrected chi connectivity index (χ2v) is 9.39. The zero-order valence-corrected chi connectivity index (χ0v) is 21.5. The van der Waals surface area contributed by atoms with E-state index in [9.17, 15) is 9.59 Å². The van der Waals surface area contributed by atoms with Crippen LogP contribution in [0, 0.1) is 0 Å². The van der Waals surface area contributed by atoms with E-state index >= 15 is 0 Å². The van der Waals surface area contributed by atoms with Crippen molar-refractivity contribution in [3.05, 3.63) is 89.0 Å². The van der Waals surface area contributed by atoms with Gasteiger partial charge in [-0.1, -0.05) is 39.4 Å². The molecule has 1 aliphatic rings. The monoisotopic (exact) mass is 542 g/mol. The first-order valence-electron chi connectivity index (χ1n) is 10.5. The maximum absolute atomic E-state index is 13.7. The molecule has 176 valence electrons. The number of ether oxygens (including phenoxy) is 3. The fraction of sp³-hybridized carbons (Fsp3) is 0.240. The van der Waals surface area contributed by atoms with Crippen LogP contribution in [-0.4, -0.2) is 31.4 Å². The fourth-order valence-corrected chi connectivity index (χ4v) is 5.27. The van der Waals surface area contributed by atoms with Crippen molar-refractivity contribution in [2.75, 3.05) is 20.8 Å². The van der Waals surface area contributed by atoms with Gasteiger partial charge >= 0.3 is 5.97 Å². The lowest BCUT2D eigenvalue weighted by Crippen LogP contribution is -2.39. The largest absolute Gasteiger partial charge is 0.497 e. The van der Waals surface area contributed by atoms with Gasteiger partial charge in [0, 0.05) is 10.0 Å². The van der Waals surface area contributed by atoms with Crippen molar-refractivity contribution in [1.82, 2.24) is 4.57 Å². The number of benzene rings is 2. The number of hydrogen-bond donors (Lipinski definition) is 0. The average molecular weight is 543 g/mol. The SMILES string of the molecule is CCOC(=O)C1=C(C)N=c2s/c(=C\c3cc(Br)ccc3OC)c(=O)n2[C@H]1c1ccc(OC)cc1. The van der Waals surface area contributed by atoms with Crippen LogP contribution in [0.4, 0.5) is 0 Å². The van der Waals surface area contributed by atoms with Crippen LogP contribution >= 0.6 is 27.3 Å². The molecule has 0 bridgehead atoms. The summed E-state index contributed by atoms with van der Waals surface area (Å²) in [4.78, 5) is 31.7. The Kier molecular flexibility index (Phi) is 7.04. The number of rotatable bonds is 6. The Bertz CT molecular complexity index is 1450. The maximum Gasteiger partial charge on any atom is 0.338 e. The molecule has 0 N–H and O–H groups in total. The number of methoxy groups -OCH3 is 2. The van der Waals surface area contributed by atoms with Gasteiger partial charge in [0.15, 0.2) is 4.80 Å². The highest BCUT2D eigenvalue weighted by Crippen LogP contribution is 2.31. The molecule has 0 amide bonds. The Hall–Kier alpha value is -3.17. The van der Waals surface area contributed by atoms with E-state index in [1.54, 1.807) is 50.8 Å². The van der Waals surface area contributed by atoms with Crippen LogP contribution in [0.3, 0.4) is 0 Å². The zero-order chi connectivity index (χ0) is 24.4. The van der Waals surface area contributed by atoms with E-state index in [1.165, 1.54) is 11.3 Å². The fourth-order valence-electron chi connectivity index (χ4n) is 3.85. The number of thiazole rings is 1. The normalized spacial score (nSPS) is 15.6. The number of aromatic nitrogens is 1. The molecular formula is C25H23BrN2O5S. The van der Waals surface area contributed by atoms with E-state index in [2.05, 4.69) is 20.9 Å². The molecule has 0 saturated carbocycles. The summed E-state index contributed by atoms with van der Waals surface area (Å²) in [5.74, 6) is 0.827. The Morgan fingerprint density at radius 3 is 2.56 bits per heavy atom. The van der Waals surface area contributed by atoms with Crippen LogP contribution in [0.5, 0.6) is 11.5 Å². The zero-order valence-electron chi connectivity index (χ0n) is 19.1. The van der Waals surface area contributed by atoms with Crippen LogP contribution in [0.15, 0.2) is 68.0 Å². The first-order valence-corrected chi connectivity index (χ1v) is 12.2. The van der Waals surface area contributed by atoms with Crippen LogP contribution in [-0.2, 0) is 9.53 Å². The molecule has 0 unspecified atom stereocenters. The van der Waals surface area contributed by atoms with Crippen molar-refractivity contribution in [3.63, 3.8) is 0 Å². The highest BCUT2D eigenvalue weighted by molar-refractivity contribution is 9.10. The number of halogens is 1. The Morgan fingerprint density at radius 1 is 1.18 bits per heavy atom. The van der Waals surface area contributed by atoms with Crippen molar-refractivity contribution in [2.24, 2.45) is 4.99 Å². The molecule has 34 heavy (non-hydrogen) atoms. The predicted molar refractivity (Wildman–Crippen MR) is 134 cm³/mol. The molecule has 1 atom stereocenters. The molecule has 0 radical (unpaired) electrons. The quantitative estimate of drug-likeness (QED) is 0.445. The second kappa shape index (κ2) is 9.99. The molecule has 2 aromatic carbocycles. The van der Waals surface area contributed by atoms with Crippen molar-refractivity contribution in [2.45, 2.75) is 19.9 Å². The third-order valence-corrected chi connectivity index (χ3v) is 6.90. The molecule has 0 aliphatic carbocycles. The van der Waals surface area contributed by atoms with Crippen LogP contribution in [0.2, 0.25) is 0 Å². The molecule has 4 rings (SSSR count). The van der Waals surface area contributed by atoms with E-state index in [4.69, 9.17) is 14.2 Å². The summed E-state index contributed by atoms with van der Waals surface area (Å²) >= 11 is 4.74. The molecule has 0 saturated heterocycles. The van der Waals surface area contributed by atoms with E-state index in [-0.39, 0.29) is 12.2 Å². The van der Waals surface area contributed by atoms with Gasteiger partial charge in [-0.2, -0.15) is 0 Å². The Labute approximate surface area is 208 Å². The number of fused-ring (bicyclic) bond motifs is 1. The van der Waals surface area contributed by atoms with E-state index < -0.39 is 12.0 Å². The minimum atomic E-state index is -0.673. The van der Waals surface area contributed by atoms with Gasteiger partial charge in [0.1, 0.15) is 11.5 Å². The lowest BCUT2D eigenvalue weighted by Gasteiger charge is -2.24. The minimum Gasteiger partial charge on any atom is -0.497 e. The third kappa shape index (κ3) is 4.45. The molecule has 7 nitrogen and oxygen atoms in total. The van der Waals surface area contributed by atoms with Crippen LogP contribution in [0.1, 0.15) is 31.0 Å². The molecule has 9 heteroatoms. The highest BCUT2D eigenvalue weighted by Gasteiger charge is 2.33. The smallest absolute Gasteiger partial charge is 0.338 e. The van der Waals surface area contributed by atoms with Crippen molar-refractivity contribution in [3.8, 4) is 11.5 Å². The number of nitrogens with zero attached hydrogens (tertiary/aromatic N) is 2. The van der Waals surface area contributed by atoms with Gasteiger partial charge in [-0.3, -0.25) is 9.36 Å². The maximum atomic E-state index is 13.7. The van der Waals surface area contributed by atoms with Gasteiger partial charge in [0.25, 0.3) is 5.56 Å². The Morgan fingerprint density at radius 2 is 1.91 bits per heavy atom. The number of esters is 1. The summed E-state index contributed by atoms with van der Waals surface area (Å²) in [6.07, 6.45) is 1.78. The molecule has 1 aliphatic heterocycles. The summed E-state index contributed by atoms with van der Waals surface area (Å²) in [6, 6.07) is 12.2. The van der Waals surface area contributed by atoms with Gasteiger partial charge < -0.3 is 14.2 Å². The van der Waals surface area contributed by atoms with Crippen molar-refractivity contribution < 1.29 is 19.0 Å². The predicted octanol–water partition coefficient (Wildman–Crippen LogP) is 3.58. The second-order valence-electron chi connectivity index (χ2n) is 7.46. The lowest BCUT2D eigenvalue weighted by molar-refractivity contribution is -0.139. The number of carbonyl (C=O) groups excluding carboxylic acids is 1. The van der Waals surface area contributed by atoms with Gasteiger partial charge in [0.05, 0.1) is 42.7 Å². The molecule has 0 spiro atoms. The van der Waals surface area contributed by atoms with Crippen LogP contribution in [0.25, 0.3) is 6.08 Å². The van der Waals surface area contributed by atoms with Crippen molar-refractivity contribution >= 4 is 39.3 Å². The highest BCUT2D eigenvalue weighted by atomic mass is 79.9. The topological polar surface area (TPSA) is 79.1 Å².